The van der Waals surface area contributed by atoms with Crippen molar-refractivity contribution >= 4 is 0 Å². The molecule has 1 saturated carbocycles. The highest BCUT2D eigenvalue weighted by Crippen LogP contribution is 2.41. The van der Waals surface area contributed by atoms with Crippen molar-refractivity contribution in [2.75, 3.05) is 0 Å². The van der Waals surface area contributed by atoms with Gasteiger partial charge in [0.25, 0.3) is 0 Å². The van der Waals surface area contributed by atoms with Gasteiger partial charge in [0.2, 0.25) is 0 Å². The first-order chi connectivity index (χ1) is 10.2. The van der Waals surface area contributed by atoms with Crippen molar-refractivity contribution in [3.63, 3.8) is 0 Å². The maximum atomic E-state index is 10.5. The average molecular weight is 287 g/mol. The molecule has 2 fully saturated rings. The Bertz CT molecular complexity index is 408. The second-order valence-corrected chi connectivity index (χ2v) is 6.40. The molecule has 1 aliphatic carbocycles. The van der Waals surface area contributed by atoms with Gasteiger partial charge in [0.1, 0.15) is 0 Å². The molecule has 4 atom stereocenters. The summed E-state index contributed by atoms with van der Waals surface area (Å²) < 4.78 is 0. The Labute approximate surface area is 129 Å². The topological polar surface area (TPSA) is 32.3 Å². The zero-order valence-corrected chi connectivity index (χ0v) is 13.0. The number of hydrogen-bond acceptors (Lipinski definition) is 2. The lowest BCUT2D eigenvalue weighted by molar-refractivity contribution is 0.00392. The number of nitrogens with one attached hydrogen (secondary N) is 1. The quantitative estimate of drug-likeness (QED) is 0.752. The summed E-state index contributed by atoms with van der Waals surface area (Å²) in [7, 11) is 0. The predicted octanol–water partition coefficient (Wildman–Crippen LogP) is 3.90. The molecule has 116 valence electrons. The van der Waals surface area contributed by atoms with E-state index in [-0.39, 0.29) is 17.6 Å². The van der Waals surface area contributed by atoms with Crippen molar-refractivity contribution < 1.29 is 5.11 Å². The predicted molar refractivity (Wildman–Crippen MR) is 90.1 cm³/mol. The molecule has 2 aliphatic rings. The van der Waals surface area contributed by atoms with Crippen LogP contribution in [0.5, 0.6) is 0 Å². The SMILES string of the molecule is C=C/C=C/C[C@@H]1CCCC2(CCCC(O)[C@H]2/C=C/C=C)N1. The second-order valence-electron chi connectivity index (χ2n) is 6.40. The first-order valence-corrected chi connectivity index (χ1v) is 8.24. The Morgan fingerprint density at radius 1 is 1.10 bits per heavy atom. The van der Waals surface area contributed by atoms with Crippen LogP contribution >= 0.6 is 0 Å². The minimum absolute atomic E-state index is 0.0715. The van der Waals surface area contributed by atoms with E-state index in [0.717, 1.165) is 32.1 Å². The van der Waals surface area contributed by atoms with Gasteiger partial charge in [-0.3, -0.25) is 0 Å². The molecule has 2 heteroatoms. The van der Waals surface area contributed by atoms with Gasteiger partial charge < -0.3 is 10.4 Å². The van der Waals surface area contributed by atoms with Gasteiger partial charge in [-0.15, -0.1) is 0 Å². The van der Waals surface area contributed by atoms with Gasteiger partial charge in [0.15, 0.2) is 0 Å². The number of hydrogen-bond donors (Lipinski definition) is 2. The zero-order chi connectivity index (χ0) is 15.1. The third-order valence-corrected chi connectivity index (χ3v) is 4.99. The van der Waals surface area contributed by atoms with E-state index in [1.807, 2.05) is 24.3 Å². The number of rotatable bonds is 5. The number of aliphatic hydroxyl groups is 1. The molecular weight excluding hydrogens is 258 g/mol. The number of aliphatic hydroxyl groups excluding tert-OH is 1. The second kappa shape index (κ2) is 7.77. The monoisotopic (exact) mass is 287 g/mol. The van der Waals surface area contributed by atoms with Gasteiger partial charge in [-0.2, -0.15) is 0 Å². The van der Waals surface area contributed by atoms with Gasteiger partial charge in [0.05, 0.1) is 6.10 Å². The van der Waals surface area contributed by atoms with Crippen LogP contribution in [0.3, 0.4) is 0 Å². The van der Waals surface area contributed by atoms with E-state index < -0.39 is 0 Å². The highest BCUT2D eigenvalue weighted by Gasteiger charge is 2.45. The number of piperidine rings is 1. The van der Waals surface area contributed by atoms with E-state index in [1.165, 1.54) is 12.8 Å². The third-order valence-electron chi connectivity index (χ3n) is 4.99. The summed E-state index contributed by atoms with van der Waals surface area (Å²) in [6.45, 7) is 7.48. The Morgan fingerprint density at radius 3 is 2.52 bits per heavy atom. The fraction of sp³-hybridized carbons (Fsp3) is 0.579. The summed E-state index contributed by atoms with van der Waals surface area (Å²) in [5.41, 5.74) is 0.0715. The van der Waals surface area contributed by atoms with Crippen LogP contribution in [0.2, 0.25) is 0 Å². The summed E-state index contributed by atoms with van der Waals surface area (Å²) >= 11 is 0. The first-order valence-electron chi connectivity index (χ1n) is 8.24. The summed E-state index contributed by atoms with van der Waals surface area (Å²) in [4.78, 5) is 0. The average Bonchev–Trinajstić information content (AvgIpc) is 2.47. The number of allylic oxidation sites excluding steroid dienone is 4. The van der Waals surface area contributed by atoms with Crippen LogP contribution in [-0.2, 0) is 0 Å². The Hall–Kier alpha value is -1.12. The zero-order valence-electron chi connectivity index (χ0n) is 13.0. The van der Waals surface area contributed by atoms with E-state index in [1.54, 1.807) is 0 Å². The van der Waals surface area contributed by atoms with Crippen LogP contribution in [0.1, 0.15) is 44.9 Å². The molecule has 2 nitrogen and oxygen atoms in total. The van der Waals surface area contributed by atoms with Crippen LogP contribution in [-0.4, -0.2) is 22.8 Å². The molecule has 2 unspecified atom stereocenters. The maximum Gasteiger partial charge on any atom is 0.0620 e. The summed E-state index contributed by atoms with van der Waals surface area (Å²) in [6, 6.07) is 0.514. The van der Waals surface area contributed by atoms with Gasteiger partial charge in [0, 0.05) is 17.5 Å². The molecule has 1 spiro atoms. The van der Waals surface area contributed by atoms with Gasteiger partial charge >= 0.3 is 0 Å². The normalized spacial score (nSPS) is 37.3. The molecule has 2 rings (SSSR count). The molecule has 0 bridgehead atoms. The van der Waals surface area contributed by atoms with Crippen LogP contribution in [0.4, 0.5) is 0 Å². The maximum absolute atomic E-state index is 10.5. The smallest absolute Gasteiger partial charge is 0.0620 e. The van der Waals surface area contributed by atoms with E-state index in [9.17, 15) is 5.11 Å². The van der Waals surface area contributed by atoms with Crippen LogP contribution in [0.15, 0.2) is 49.6 Å². The summed E-state index contributed by atoms with van der Waals surface area (Å²) in [5.74, 6) is 0.204. The molecule has 1 aliphatic heterocycles. The fourth-order valence-corrected chi connectivity index (χ4v) is 4.04. The Morgan fingerprint density at radius 2 is 1.81 bits per heavy atom. The molecule has 1 saturated heterocycles. The molecule has 21 heavy (non-hydrogen) atoms. The summed E-state index contributed by atoms with van der Waals surface area (Å²) in [6.07, 6.45) is 19.6. The minimum atomic E-state index is -0.232. The highest BCUT2D eigenvalue weighted by molar-refractivity contribution is 5.14. The van der Waals surface area contributed by atoms with Crippen molar-refractivity contribution in [2.45, 2.75) is 62.6 Å². The molecule has 0 amide bonds. The molecular formula is C19H29NO. The third kappa shape index (κ3) is 3.96. The standard InChI is InChI=1S/C19H29NO/c1-3-5-7-10-16-11-8-14-19(20-16)15-9-13-18(21)17(19)12-6-4-2/h3-7,12,16-18,20-21H,1-2,8-11,13-15H2/b7-5+,12-6+/t16-,17-,18?,19?/m1/s1. The molecule has 1 heterocycles. The molecule has 0 aromatic heterocycles. The van der Waals surface area contributed by atoms with Crippen molar-refractivity contribution in [3.05, 3.63) is 49.6 Å². The highest BCUT2D eigenvalue weighted by atomic mass is 16.3. The Kier molecular flexibility index (Phi) is 6.01. The molecule has 2 N–H and O–H groups in total. The van der Waals surface area contributed by atoms with Crippen molar-refractivity contribution in [3.8, 4) is 0 Å². The van der Waals surface area contributed by atoms with E-state index >= 15 is 0 Å². The molecule has 0 aromatic rings. The van der Waals surface area contributed by atoms with Gasteiger partial charge in [-0.05, 0) is 38.5 Å². The lowest BCUT2D eigenvalue weighted by Gasteiger charge is -2.51. The van der Waals surface area contributed by atoms with Crippen molar-refractivity contribution in [2.24, 2.45) is 5.92 Å². The Balaban J connectivity index is 2.12. The largest absolute Gasteiger partial charge is 0.392 e. The lowest BCUT2D eigenvalue weighted by atomic mass is 9.66. The van der Waals surface area contributed by atoms with Crippen LogP contribution < -0.4 is 5.32 Å². The first kappa shape index (κ1) is 16.3. The van der Waals surface area contributed by atoms with Gasteiger partial charge in [-0.25, -0.2) is 0 Å². The van der Waals surface area contributed by atoms with E-state index in [0.29, 0.717) is 6.04 Å². The molecule has 0 aromatic carbocycles. The van der Waals surface area contributed by atoms with E-state index in [2.05, 4.69) is 30.6 Å². The van der Waals surface area contributed by atoms with Gasteiger partial charge in [-0.1, -0.05) is 56.0 Å². The molecule has 0 radical (unpaired) electrons. The lowest BCUT2D eigenvalue weighted by Crippen LogP contribution is -2.61. The summed E-state index contributed by atoms with van der Waals surface area (Å²) in [5, 5.41) is 14.3. The van der Waals surface area contributed by atoms with Crippen LogP contribution in [0, 0.1) is 5.92 Å². The minimum Gasteiger partial charge on any atom is -0.392 e. The fourth-order valence-electron chi connectivity index (χ4n) is 4.04. The van der Waals surface area contributed by atoms with Crippen molar-refractivity contribution in [1.29, 1.82) is 0 Å². The van der Waals surface area contributed by atoms with Crippen LogP contribution in [0.25, 0.3) is 0 Å². The van der Waals surface area contributed by atoms with E-state index in [4.69, 9.17) is 0 Å². The van der Waals surface area contributed by atoms with Crippen molar-refractivity contribution in [1.82, 2.24) is 5.32 Å².